The predicted octanol–water partition coefficient (Wildman–Crippen LogP) is 6.80. The Morgan fingerprint density at radius 1 is 0.603 bits per heavy atom. The SMILES string of the molecule is CCN1C(=CC=CC=CC=CC2=[N+](CCCCCC(=O)NCCCC[C@@H](CC(=O)COCCCC(=O)[C@@H](CCC(=O)O)CC(=O)[C@@H](Cc3cnc[nH]3)NC(=O)[C@H](CC(C)=O)[C@H](C)O)C(=O)NCCOCC(=O)C[C@@H](C(=O)N[C@H](Cc3cnc[nH]3)C(=O)C[C@H](CCC(=O)O)C(N)=O)[C@H](C)O)c3ccccc3C2(C)C)C(C)(C)c2cc(S(=O)(=O)O)ccc21. The number of ketones is 6. The highest BCUT2D eigenvalue weighted by Gasteiger charge is 2.45. The first-order valence-electron chi connectivity index (χ1n) is 41.2. The van der Waals surface area contributed by atoms with Crippen LogP contribution in [-0.4, -0.2) is 217 Å². The number of aliphatic hydroxyl groups excluding tert-OH is 2. The van der Waals surface area contributed by atoms with Gasteiger partial charge in [-0.2, -0.15) is 13.0 Å². The molecule has 0 unspecified atom stereocenters. The van der Waals surface area contributed by atoms with Crippen LogP contribution in [0.4, 0.5) is 11.4 Å². The van der Waals surface area contributed by atoms with Gasteiger partial charge in [-0.05, 0) is 116 Å². The molecule has 2 aliphatic heterocycles. The Labute approximate surface area is 705 Å². The van der Waals surface area contributed by atoms with E-state index in [1.165, 1.54) is 63.5 Å². The van der Waals surface area contributed by atoms with Crippen molar-refractivity contribution >= 4 is 103 Å². The number of hydrogen-bond acceptors (Lipinski definition) is 22. The molecule has 0 saturated carbocycles. The number of rotatable bonds is 59. The summed E-state index contributed by atoms with van der Waals surface area (Å²) in [7, 11) is -4.38. The average molecular weight is 1700 g/mol. The number of nitrogens with one attached hydrogen (secondary N) is 6. The summed E-state index contributed by atoms with van der Waals surface area (Å²) in [5.74, 6) is -14.7. The number of H-pyrrole nitrogens is 2. The third kappa shape index (κ3) is 31.7. The predicted molar refractivity (Wildman–Crippen MR) is 447 cm³/mol. The molecule has 0 bridgehead atoms. The number of carbonyl (C=O) groups is 13. The molecular formula is C87H120N11O22S+. The molecule has 660 valence electrons. The monoisotopic (exact) mass is 1700 g/mol. The van der Waals surface area contributed by atoms with Crippen molar-refractivity contribution in [1.29, 1.82) is 0 Å². The van der Waals surface area contributed by atoms with E-state index in [2.05, 4.69) is 82.7 Å². The number of para-hydroxylation sites is 1. The van der Waals surface area contributed by atoms with Gasteiger partial charge in [-0.15, -0.1) is 0 Å². The van der Waals surface area contributed by atoms with E-state index in [0.29, 0.717) is 43.7 Å². The summed E-state index contributed by atoms with van der Waals surface area (Å²) in [6.07, 6.45) is 16.4. The highest BCUT2D eigenvalue weighted by atomic mass is 32.2. The molecule has 6 rings (SSSR count). The smallest absolute Gasteiger partial charge is 0.303 e. The summed E-state index contributed by atoms with van der Waals surface area (Å²) >= 11 is 0. The second-order valence-electron chi connectivity index (χ2n) is 32.0. The number of carboxylic acids is 2. The molecular weight excluding hydrogens is 1580 g/mol. The number of aliphatic hydroxyl groups is 2. The molecule has 33 nitrogen and oxygen atoms in total. The maximum Gasteiger partial charge on any atom is 0.303 e. The first kappa shape index (κ1) is 99.2. The summed E-state index contributed by atoms with van der Waals surface area (Å²) in [5, 5.41) is 50.7. The summed E-state index contributed by atoms with van der Waals surface area (Å²) < 4.78 is 47.3. The van der Waals surface area contributed by atoms with Gasteiger partial charge in [0.1, 0.15) is 31.3 Å². The van der Waals surface area contributed by atoms with Crippen LogP contribution >= 0.6 is 0 Å². The van der Waals surface area contributed by atoms with Crippen molar-refractivity contribution in [1.82, 2.24) is 41.2 Å². The molecule has 2 aromatic heterocycles. The highest BCUT2D eigenvalue weighted by Crippen LogP contribution is 2.48. The maximum absolute atomic E-state index is 14.0. The van der Waals surface area contributed by atoms with E-state index < -0.39 is 179 Å². The number of carboxylic acid groups (broad SMARTS) is 2. The second kappa shape index (κ2) is 48.7. The number of Topliss-reactive ketones (excluding diaryl/α,β-unsaturated/α-hetero) is 6. The number of anilines is 1. The number of nitrogens with two attached hydrogens (primary N) is 1. The number of imidazole rings is 2. The van der Waals surface area contributed by atoms with E-state index in [0.717, 1.165) is 41.2 Å². The van der Waals surface area contributed by atoms with Crippen LogP contribution in [0, 0.1) is 29.6 Å². The molecule has 2 aliphatic rings. The van der Waals surface area contributed by atoms with Gasteiger partial charge in [0, 0.05) is 179 Å². The quantitative estimate of drug-likeness (QED) is 0.00935. The van der Waals surface area contributed by atoms with Gasteiger partial charge in [-0.1, -0.05) is 68.8 Å². The number of nitrogens with zero attached hydrogens (tertiary/aromatic N) is 4. The van der Waals surface area contributed by atoms with Crippen molar-refractivity contribution < 1.29 is 110 Å². The fourth-order valence-corrected chi connectivity index (χ4v) is 15.5. The van der Waals surface area contributed by atoms with Gasteiger partial charge in [0.2, 0.25) is 35.2 Å². The molecule has 0 radical (unpaired) electrons. The molecule has 4 aromatic rings. The van der Waals surface area contributed by atoms with Crippen molar-refractivity contribution in [2.75, 3.05) is 57.5 Å². The van der Waals surface area contributed by atoms with Crippen LogP contribution in [0.1, 0.15) is 193 Å². The molecule has 0 spiro atoms. The maximum atomic E-state index is 14.0. The normalized spacial score (nSPS) is 16.2. The number of primary amides is 1. The van der Waals surface area contributed by atoms with Gasteiger partial charge in [0.25, 0.3) is 10.1 Å². The molecule has 121 heavy (non-hydrogen) atoms. The minimum absolute atomic E-state index is 0.0492. The summed E-state index contributed by atoms with van der Waals surface area (Å²) in [6.45, 7) is 14.4. The zero-order valence-corrected chi connectivity index (χ0v) is 71.2. The fourth-order valence-electron chi connectivity index (χ4n) is 15.0. The number of carbonyl (C=O) groups excluding carboxylic acids is 11. The van der Waals surface area contributed by atoms with Gasteiger partial charge in [0.15, 0.2) is 28.8 Å². The average Bonchev–Trinajstić information content (AvgIpc) is 1.60. The molecule has 0 saturated heterocycles. The Kier molecular flexibility index (Phi) is 39.9. The van der Waals surface area contributed by atoms with Crippen molar-refractivity contribution in [3.8, 4) is 0 Å². The number of hydrogen-bond donors (Lipinski definition) is 12. The molecule has 2 aromatic carbocycles. The van der Waals surface area contributed by atoms with Crippen LogP contribution in [-0.2, 0) is 106 Å². The van der Waals surface area contributed by atoms with Crippen LogP contribution in [0.25, 0.3) is 0 Å². The van der Waals surface area contributed by atoms with E-state index in [1.807, 2.05) is 69.4 Å². The Balaban J connectivity index is 1.03. The Bertz CT molecular complexity index is 4520. The lowest BCUT2D eigenvalue weighted by atomic mass is 9.81. The number of fused-ring (bicyclic) bond motifs is 2. The van der Waals surface area contributed by atoms with Crippen LogP contribution in [0.15, 0.2) is 121 Å². The zero-order chi connectivity index (χ0) is 89.2. The van der Waals surface area contributed by atoms with E-state index in [4.69, 9.17) is 15.2 Å². The zero-order valence-electron chi connectivity index (χ0n) is 70.3. The molecule has 34 heteroatoms. The van der Waals surface area contributed by atoms with Gasteiger partial charge in [0.05, 0.1) is 65.7 Å². The van der Waals surface area contributed by atoms with Crippen LogP contribution in [0.2, 0.25) is 0 Å². The number of allylic oxidation sites excluding steroid dienone is 8. The van der Waals surface area contributed by atoms with E-state index in [-0.39, 0.29) is 113 Å². The number of amides is 5. The number of aliphatic carboxylic acids is 2. The Hall–Kier alpha value is -10.7. The largest absolute Gasteiger partial charge is 0.481 e. The minimum Gasteiger partial charge on any atom is -0.481 e. The lowest BCUT2D eigenvalue weighted by Gasteiger charge is -2.25. The Morgan fingerprint density at radius 2 is 1.18 bits per heavy atom. The lowest BCUT2D eigenvalue weighted by molar-refractivity contribution is -0.438. The second-order valence-corrected chi connectivity index (χ2v) is 33.4. The van der Waals surface area contributed by atoms with Crippen LogP contribution < -0.4 is 31.9 Å². The molecule has 5 amide bonds. The number of aromatic amines is 2. The highest BCUT2D eigenvalue weighted by molar-refractivity contribution is 7.85. The molecule has 9 atom stereocenters. The van der Waals surface area contributed by atoms with E-state index in [9.17, 15) is 95.7 Å². The lowest BCUT2D eigenvalue weighted by Crippen LogP contribution is -2.48. The van der Waals surface area contributed by atoms with Gasteiger partial charge in [-0.25, -0.2) is 9.97 Å². The molecule has 0 aliphatic carbocycles. The summed E-state index contributed by atoms with van der Waals surface area (Å²) in [5.41, 5.74) is 11.6. The molecule has 4 heterocycles. The van der Waals surface area contributed by atoms with E-state index in [1.54, 1.807) is 6.07 Å². The third-order valence-electron chi connectivity index (χ3n) is 21.8. The van der Waals surface area contributed by atoms with Crippen LogP contribution in [0.5, 0.6) is 0 Å². The van der Waals surface area contributed by atoms with Crippen molar-refractivity contribution in [2.24, 2.45) is 35.3 Å². The van der Waals surface area contributed by atoms with Crippen molar-refractivity contribution in [3.63, 3.8) is 0 Å². The topological polar surface area (TPSA) is 513 Å². The number of unbranched alkanes of at least 4 members (excludes halogenated alkanes) is 3. The minimum atomic E-state index is -4.38. The van der Waals surface area contributed by atoms with Crippen LogP contribution in [0.3, 0.4) is 0 Å². The molecule has 0 fully saturated rings. The third-order valence-corrected chi connectivity index (χ3v) is 22.6. The van der Waals surface area contributed by atoms with E-state index >= 15 is 0 Å². The van der Waals surface area contributed by atoms with Crippen molar-refractivity contribution in [2.45, 2.75) is 224 Å². The summed E-state index contributed by atoms with van der Waals surface area (Å²) in [4.78, 5) is 185. The standard InChI is InChI=1S/C87H119N11O22S/c1-9-97-73-33-32-65(121(116,117)118)48-69(73)87(7,8)77(97)27-14-11-10-12-15-28-78-86(5,6)68-24-17-18-25-72(68)98(78)38-21-13-16-29-79(107)91-36-20-19-23-60(83(113)92-37-40-120-52-64(103)47-67(57(4)101)85(115)96-71(46-62-50-90-54-94-62)76(106)44-59(82(88)112)31-35-81(110)111)42-63(102)51-119-39-22-26-74(104)58(30-34-80(108)109)43-75(105)70(45-61-49-89-53-93-61)95-84(114)66(56(3)100)41-55(2)99/h10-12,14-15,17-18,24-25,27-28,32-33,48-50,53-54,56-60,66-67,70-71,100-101H,9,13,16,19-23,26,29-31,34-47,51-52H2,1-8H3,(H10-,88,89,90,91,92,93,94,95,96,107,108,109,110,111,112,113,114,115,116,117,118)/p+1/t56-,57-,58-,59-,60-,66+,67+,70+,71+/m0/s1. The number of likely N-dealkylation sites (N-methyl/N-ethyl adjacent to an activating group) is 1. The van der Waals surface area contributed by atoms with Crippen molar-refractivity contribution in [3.05, 3.63) is 138 Å². The number of ether oxygens (including phenoxy) is 2. The molecule has 13 N–H and O–H groups in total. The Morgan fingerprint density at radius 3 is 1.76 bits per heavy atom. The number of aromatic nitrogens is 4. The summed E-state index contributed by atoms with van der Waals surface area (Å²) in [6, 6.07) is 10.4. The number of benzene rings is 2. The van der Waals surface area contributed by atoms with Gasteiger partial charge in [-0.3, -0.25) is 62.1 Å². The first-order valence-corrected chi connectivity index (χ1v) is 42.6. The first-order chi connectivity index (χ1) is 57.3. The van der Waals surface area contributed by atoms with Gasteiger partial charge < -0.3 is 76.6 Å². The fraction of sp³-hybridized carbons (Fsp3) is 0.540. The van der Waals surface area contributed by atoms with Gasteiger partial charge >= 0.3 is 11.9 Å².